The molecule has 2 N–H and O–H groups in total. The van der Waals surface area contributed by atoms with Crippen molar-refractivity contribution in [2.75, 3.05) is 13.2 Å². The number of aromatic nitrogens is 1. The van der Waals surface area contributed by atoms with Gasteiger partial charge in [-0.2, -0.15) is 0 Å². The third-order valence-electron chi connectivity index (χ3n) is 3.99. The molecule has 0 aliphatic carbocycles. The predicted molar refractivity (Wildman–Crippen MR) is 93.7 cm³/mol. The van der Waals surface area contributed by atoms with Crippen molar-refractivity contribution in [2.45, 2.75) is 27.7 Å². The van der Waals surface area contributed by atoms with E-state index in [0.29, 0.717) is 22.4 Å². The molecule has 0 saturated carbocycles. The highest BCUT2D eigenvalue weighted by Gasteiger charge is 2.24. The van der Waals surface area contributed by atoms with Crippen LogP contribution in [-0.2, 0) is 9.47 Å². The Kier molecular flexibility index (Phi) is 5.82. The standard InChI is InChI=1S/C19H21NO6/c1-5-25-19(24)15-11(3)16(20-12(15)4)14(21)9-26-18(23)13-8-6-7-10(2)17(13)22/h6-8,20,22H,5,9H2,1-4H3. The van der Waals surface area contributed by atoms with Crippen LogP contribution in [0.4, 0.5) is 0 Å². The van der Waals surface area contributed by atoms with E-state index in [1.54, 1.807) is 39.8 Å². The third kappa shape index (κ3) is 3.77. The number of aromatic amines is 1. The van der Waals surface area contributed by atoms with E-state index in [1.165, 1.54) is 6.07 Å². The molecule has 1 heterocycles. The number of carbonyl (C=O) groups is 3. The van der Waals surface area contributed by atoms with Crippen molar-refractivity contribution >= 4 is 17.7 Å². The fraction of sp³-hybridized carbons (Fsp3) is 0.316. The van der Waals surface area contributed by atoms with E-state index in [-0.39, 0.29) is 23.6 Å². The zero-order chi connectivity index (χ0) is 19.4. The van der Waals surface area contributed by atoms with E-state index in [4.69, 9.17) is 9.47 Å². The molecule has 0 amide bonds. The van der Waals surface area contributed by atoms with Crippen LogP contribution in [0.15, 0.2) is 18.2 Å². The molecule has 26 heavy (non-hydrogen) atoms. The number of carbonyl (C=O) groups excluding carboxylic acids is 3. The fourth-order valence-electron chi connectivity index (χ4n) is 2.64. The Labute approximate surface area is 150 Å². The van der Waals surface area contributed by atoms with E-state index >= 15 is 0 Å². The van der Waals surface area contributed by atoms with Gasteiger partial charge in [0.1, 0.15) is 11.3 Å². The lowest BCUT2D eigenvalue weighted by Crippen LogP contribution is -2.16. The van der Waals surface area contributed by atoms with Gasteiger partial charge < -0.3 is 19.6 Å². The first-order valence-electron chi connectivity index (χ1n) is 8.13. The number of ketones is 1. The number of H-pyrrole nitrogens is 1. The Morgan fingerprint density at radius 2 is 1.77 bits per heavy atom. The van der Waals surface area contributed by atoms with Gasteiger partial charge >= 0.3 is 11.9 Å². The van der Waals surface area contributed by atoms with Gasteiger partial charge in [-0.1, -0.05) is 12.1 Å². The molecule has 0 radical (unpaired) electrons. The fourth-order valence-corrected chi connectivity index (χ4v) is 2.64. The second-order valence-corrected chi connectivity index (χ2v) is 5.82. The summed E-state index contributed by atoms with van der Waals surface area (Å²) in [6, 6.07) is 4.68. The number of ether oxygens (including phenoxy) is 2. The van der Waals surface area contributed by atoms with Crippen LogP contribution in [0.1, 0.15) is 54.9 Å². The van der Waals surface area contributed by atoms with Crippen molar-refractivity contribution in [3.05, 3.63) is 51.8 Å². The molecule has 0 aliphatic rings. The number of hydrogen-bond donors (Lipinski definition) is 2. The van der Waals surface area contributed by atoms with Crippen molar-refractivity contribution < 1.29 is 29.0 Å². The van der Waals surface area contributed by atoms with Gasteiger partial charge in [-0.3, -0.25) is 4.79 Å². The zero-order valence-electron chi connectivity index (χ0n) is 15.1. The number of Topliss-reactive ketones (excluding diaryl/α,β-unsaturated/α-hetero) is 1. The van der Waals surface area contributed by atoms with Crippen molar-refractivity contribution in [1.82, 2.24) is 4.98 Å². The Balaban J connectivity index is 2.13. The first kappa shape index (κ1) is 19.2. The molecule has 2 aromatic rings. The number of aryl methyl sites for hydroxylation is 2. The molecule has 0 spiro atoms. The van der Waals surface area contributed by atoms with Gasteiger partial charge in [-0.05, 0) is 44.9 Å². The second kappa shape index (κ2) is 7.86. The Bertz CT molecular complexity index is 865. The summed E-state index contributed by atoms with van der Waals surface area (Å²) < 4.78 is 9.99. The van der Waals surface area contributed by atoms with Crippen LogP contribution >= 0.6 is 0 Å². The van der Waals surface area contributed by atoms with Crippen LogP contribution in [0.2, 0.25) is 0 Å². The minimum Gasteiger partial charge on any atom is -0.507 e. The van der Waals surface area contributed by atoms with E-state index in [1.807, 2.05) is 0 Å². The quantitative estimate of drug-likeness (QED) is 0.607. The number of phenols is 1. The molecule has 7 nitrogen and oxygen atoms in total. The number of rotatable bonds is 6. The molecule has 1 aromatic heterocycles. The van der Waals surface area contributed by atoms with Gasteiger partial charge in [0.15, 0.2) is 6.61 Å². The summed E-state index contributed by atoms with van der Waals surface area (Å²) in [6.07, 6.45) is 0. The van der Waals surface area contributed by atoms with Gasteiger partial charge in [0.2, 0.25) is 5.78 Å². The average molecular weight is 359 g/mol. The smallest absolute Gasteiger partial charge is 0.342 e. The minimum absolute atomic E-state index is 0.00981. The van der Waals surface area contributed by atoms with Crippen LogP contribution in [0.3, 0.4) is 0 Å². The maximum absolute atomic E-state index is 12.4. The third-order valence-corrected chi connectivity index (χ3v) is 3.99. The van der Waals surface area contributed by atoms with Crippen LogP contribution in [0, 0.1) is 20.8 Å². The molecule has 138 valence electrons. The first-order valence-corrected chi connectivity index (χ1v) is 8.13. The van der Waals surface area contributed by atoms with Crippen LogP contribution in [-0.4, -0.2) is 41.0 Å². The number of esters is 2. The van der Waals surface area contributed by atoms with Gasteiger partial charge in [0, 0.05) is 5.69 Å². The maximum atomic E-state index is 12.4. The van der Waals surface area contributed by atoms with Gasteiger partial charge in [0.05, 0.1) is 17.9 Å². The van der Waals surface area contributed by atoms with E-state index in [2.05, 4.69) is 4.98 Å². The molecular formula is C19H21NO6. The highest BCUT2D eigenvalue weighted by Crippen LogP contribution is 2.23. The number of nitrogens with one attached hydrogen (secondary N) is 1. The normalized spacial score (nSPS) is 10.5. The summed E-state index contributed by atoms with van der Waals surface area (Å²) in [5.74, 6) is -1.98. The number of para-hydroxylation sites is 1. The average Bonchev–Trinajstić information content (AvgIpc) is 2.89. The molecule has 0 saturated heterocycles. The summed E-state index contributed by atoms with van der Waals surface area (Å²) >= 11 is 0. The summed E-state index contributed by atoms with van der Waals surface area (Å²) in [5, 5.41) is 9.90. The number of phenolic OH excluding ortho intramolecular Hbond substituents is 1. The Morgan fingerprint density at radius 1 is 1.08 bits per heavy atom. The number of hydrogen-bond acceptors (Lipinski definition) is 6. The van der Waals surface area contributed by atoms with Gasteiger partial charge in [-0.15, -0.1) is 0 Å². The van der Waals surface area contributed by atoms with Crippen molar-refractivity contribution in [3.63, 3.8) is 0 Å². The Hall–Kier alpha value is -3.09. The summed E-state index contributed by atoms with van der Waals surface area (Å²) in [6.45, 7) is 6.34. The zero-order valence-corrected chi connectivity index (χ0v) is 15.1. The van der Waals surface area contributed by atoms with Crippen LogP contribution < -0.4 is 0 Å². The molecule has 0 aliphatic heterocycles. The molecule has 0 bridgehead atoms. The monoisotopic (exact) mass is 359 g/mol. The lowest BCUT2D eigenvalue weighted by molar-refractivity contribution is 0.0469. The molecule has 1 aromatic carbocycles. The Morgan fingerprint density at radius 3 is 2.42 bits per heavy atom. The number of benzene rings is 1. The lowest BCUT2D eigenvalue weighted by Gasteiger charge is -2.07. The van der Waals surface area contributed by atoms with Crippen LogP contribution in [0.5, 0.6) is 5.75 Å². The highest BCUT2D eigenvalue weighted by atomic mass is 16.5. The van der Waals surface area contributed by atoms with E-state index in [0.717, 1.165) is 0 Å². The minimum atomic E-state index is -0.800. The lowest BCUT2D eigenvalue weighted by atomic mass is 10.1. The first-order chi connectivity index (χ1) is 12.3. The molecule has 0 atom stereocenters. The van der Waals surface area contributed by atoms with E-state index < -0.39 is 24.3 Å². The number of aromatic hydroxyl groups is 1. The second-order valence-electron chi connectivity index (χ2n) is 5.82. The highest BCUT2D eigenvalue weighted by molar-refractivity contribution is 6.03. The van der Waals surface area contributed by atoms with Crippen molar-refractivity contribution in [3.8, 4) is 5.75 Å². The van der Waals surface area contributed by atoms with Crippen LogP contribution in [0.25, 0.3) is 0 Å². The largest absolute Gasteiger partial charge is 0.507 e. The van der Waals surface area contributed by atoms with Crippen molar-refractivity contribution in [1.29, 1.82) is 0 Å². The molecule has 2 rings (SSSR count). The van der Waals surface area contributed by atoms with Gasteiger partial charge in [-0.25, -0.2) is 9.59 Å². The topological polar surface area (TPSA) is 106 Å². The SMILES string of the molecule is CCOC(=O)c1c(C)[nH]c(C(=O)COC(=O)c2cccc(C)c2O)c1C. The molecule has 0 unspecified atom stereocenters. The predicted octanol–water partition coefficient (Wildman–Crippen LogP) is 2.86. The summed E-state index contributed by atoms with van der Waals surface area (Å²) in [5.41, 5.74) is 1.96. The summed E-state index contributed by atoms with van der Waals surface area (Å²) in [4.78, 5) is 39.3. The molecule has 7 heteroatoms. The van der Waals surface area contributed by atoms with Crippen molar-refractivity contribution in [2.24, 2.45) is 0 Å². The molecule has 0 fully saturated rings. The van der Waals surface area contributed by atoms with Gasteiger partial charge in [0.25, 0.3) is 0 Å². The molecular weight excluding hydrogens is 338 g/mol. The maximum Gasteiger partial charge on any atom is 0.342 e. The summed E-state index contributed by atoms with van der Waals surface area (Å²) in [7, 11) is 0. The van der Waals surface area contributed by atoms with E-state index in [9.17, 15) is 19.5 Å².